The zero-order valence-electron chi connectivity index (χ0n) is 15.5. The maximum atomic E-state index is 12.4. The average molecular weight is 354 g/mol. The molecule has 0 saturated carbocycles. The van der Waals surface area contributed by atoms with E-state index in [1.54, 1.807) is 7.11 Å². The summed E-state index contributed by atoms with van der Waals surface area (Å²) in [5, 5.41) is 3.00. The van der Waals surface area contributed by atoms with E-state index in [2.05, 4.69) is 41.4 Å². The molecule has 0 spiro atoms. The molecule has 138 valence electrons. The van der Waals surface area contributed by atoms with E-state index >= 15 is 0 Å². The zero-order valence-corrected chi connectivity index (χ0v) is 15.5. The monoisotopic (exact) mass is 354 g/mol. The van der Waals surface area contributed by atoms with Crippen molar-refractivity contribution >= 4 is 17.3 Å². The van der Waals surface area contributed by atoms with Crippen LogP contribution in [0.5, 0.6) is 5.75 Å². The van der Waals surface area contributed by atoms with E-state index in [4.69, 9.17) is 9.47 Å². The van der Waals surface area contributed by atoms with Crippen molar-refractivity contribution in [1.82, 2.24) is 0 Å². The lowest BCUT2D eigenvalue weighted by Crippen LogP contribution is -2.36. The van der Waals surface area contributed by atoms with E-state index in [0.717, 1.165) is 38.4 Å². The van der Waals surface area contributed by atoms with Gasteiger partial charge in [0.1, 0.15) is 5.75 Å². The zero-order chi connectivity index (χ0) is 18.4. The van der Waals surface area contributed by atoms with Gasteiger partial charge in [-0.3, -0.25) is 4.79 Å². The molecule has 2 aromatic rings. The number of carbonyl (C=O) groups is 1. The highest BCUT2D eigenvalue weighted by atomic mass is 16.5. The summed E-state index contributed by atoms with van der Waals surface area (Å²) in [7, 11) is 1.62. The molecule has 1 aliphatic heterocycles. The molecular formula is C21H26N2O3. The first-order valence-corrected chi connectivity index (χ1v) is 9.02. The highest BCUT2D eigenvalue weighted by Gasteiger charge is 2.15. The molecule has 3 rings (SSSR count). The third-order valence-corrected chi connectivity index (χ3v) is 4.59. The molecule has 26 heavy (non-hydrogen) atoms. The molecule has 0 aromatic heterocycles. The summed E-state index contributed by atoms with van der Waals surface area (Å²) in [6, 6.07) is 14.2. The maximum Gasteiger partial charge on any atom is 0.224 e. The Morgan fingerprint density at radius 2 is 1.88 bits per heavy atom. The minimum absolute atomic E-state index is 0.0111. The largest absolute Gasteiger partial charge is 0.495 e. The van der Waals surface area contributed by atoms with Crippen LogP contribution in [0, 0.1) is 6.92 Å². The van der Waals surface area contributed by atoms with Crippen molar-refractivity contribution in [3.8, 4) is 5.75 Å². The van der Waals surface area contributed by atoms with Crippen LogP contribution in [0.2, 0.25) is 0 Å². The lowest BCUT2D eigenvalue weighted by atomic mass is 10.1. The maximum absolute atomic E-state index is 12.4. The molecule has 0 radical (unpaired) electrons. The molecule has 1 N–H and O–H groups in total. The third-order valence-electron chi connectivity index (χ3n) is 4.59. The molecule has 5 nitrogen and oxygen atoms in total. The van der Waals surface area contributed by atoms with Gasteiger partial charge in [0.25, 0.3) is 0 Å². The Balaban J connectivity index is 1.64. The van der Waals surface area contributed by atoms with Crippen molar-refractivity contribution in [2.45, 2.75) is 19.8 Å². The molecule has 5 heteroatoms. The number of benzene rings is 2. The quantitative estimate of drug-likeness (QED) is 0.864. The normalized spacial score (nSPS) is 14.2. The molecule has 0 atom stereocenters. The van der Waals surface area contributed by atoms with E-state index in [-0.39, 0.29) is 5.91 Å². The number of nitrogens with zero attached hydrogens (tertiary/aromatic N) is 1. The number of carbonyl (C=O) groups excluding carboxylic acids is 1. The Labute approximate surface area is 154 Å². The van der Waals surface area contributed by atoms with E-state index in [0.29, 0.717) is 17.9 Å². The number of nitrogens with one attached hydrogen (secondary N) is 1. The van der Waals surface area contributed by atoms with Gasteiger partial charge in [0.05, 0.1) is 26.0 Å². The third kappa shape index (κ3) is 4.76. The van der Waals surface area contributed by atoms with Crippen LogP contribution in [0.1, 0.15) is 17.5 Å². The SMILES string of the molecule is COc1ccc(N2CCOCC2)cc1NC(=O)CCc1ccc(C)cc1. The van der Waals surface area contributed by atoms with Gasteiger partial charge in [-0.15, -0.1) is 0 Å². The fourth-order valence-electron chi connectivity index (χ4n) is 3.04. The van der Waals surface area contributed by atoms with Gasteiger partial charge in [-0.05, 0) is 37.1 Å². The van der Waals surface area contributed by atoms with Gasteiger partial charge in [-0.25, -0.2) is 0 Å². The molecule has 2 aromatic carbocycles. The number of methoxy groups -OCH3 is 1. The lowest BCUT2D eigenvalue weighted by molar-refractivity contribution is -0.116. The highest BCUT2D eigenvalue weighted by Crippen LogP contribution is 2.30. The minimum Gasteiger partial charge on any atom is -0.495 e. The summed E-state index contributed by atoms with van der Waals surface area (Å²) < 4.78 is 10.8. The van der Waals surface area contributed by atoms with E-state index in [1.165, 1.54) is 11.1 Å². The van der Waals surface area contributed by atoms with E-state index < -0.39 is 0 Å². The first kappa shape index (κ1) is 18.3. The Morgan fingerprint density at radius 1 is 1.15 bits per heavy atom. The number of rotatable bonds is 6. The van der Waals surface area contributed by atoms with Crippen molar-refractivity contribution in [3.63, 3.8) is 0 Å². The number of hydrogen-bond acceptors (Lipinski definition) is 4. The van der Waals surface area contributed by atoms with Gasteiger partial charge < -0.3 is 19.7 Å². The molecule has 0 bridgehead atoms. The standard InChI is InChI=1S/C21H26N2O3/c1-16-3-5-17(6-4-16)7-10-21(24)22-19-15-18(8-9-20(19)25-2)23-11-13-26-14-12-23/h3-6,8-9,15H,7,10-14H2,1-2H3,(H,22,24). The number of anilines is 2. The van der Waals surface area contributed by atoms with Crippen LogP contribution in [0.4, 0.5) is 11.4 Å². The van der Waals surface area contributed by atoms with E-state index in [1.807, 2.05) is 18.2 Å². The van der Waals surface area contributed by atoms with Crippen LogP contribution in [0.25, 0.3) is 0 Å². The van der Waals surface area contributed by atoms with Gasteiger partial charge in [-0.1, -0.05) is 29.8 Å². The van der Waals surface area contributed by atoms with Gasteiger partial charge >= 0.3 is 0 Å². The summed E-state index contributed by atoms with van der Waals surface area (Å²) in [4.78, 5) is 14.7. The molecule has 1 heterocycles. The fourth-order valence-corrected chi connectivity index (χ4v) is 3.04. The van der Waals surface area contributed by atoms with Crippen molar-refractivity contribution < 1.29 is 14.3 Å². The second-order valence-electron chi connectivity index (χ2n) is 6.52. The molecule has 1 saturated heterocycles. The van der Waals surface area contributed by atoms with Crippen LogP contribution in [0.15, 0.2) is 42.5 Å². The Morgan fingerprint density at radius 3 is 2.58 bits per heavy atom. The second kappa shape index (κ2) is 8.72. The van der Waals surface area contributed by atoms with Crippen LogP contribution in [-0.2, 0) is 16.0 Å². The minimum atomic E-state index is -0.0111. The summed E-state index contributed by atoms with van der Waals surface area (Å²) in [5.41, 5.74) is 4.18. The number of ether oxygens (including phenoxy) is 2. The molecule has 1 amide bonds. The van der Waals surface area contributed by atoms with Crippen molar-refractivity contribution in [3.05, 3.63) is 53.6 Å². The summed E-state index contributed by atoms with van der Waals surface area (Å²) in [6.45, 7) is 5.22. The molecule has 0 unspecified atom stereocenters. The van der Waals surface area contributed by atoms with Gasteiger partial charge in [0.2, 0.25) is 5.91 Å². The molecule has 1 fully saturated rings. The van der Waals surface area contributed by atoms with Crippen LogP contribution in [0.3, 0.4) is 0 Å². The topological polar surface area (TPSA) is 50.8 Å². The van der Waals surface area contributed by atoms with Crippen molar-refractivity contribution in [1.29, 1.82) is 0 Å². The number of hydrogen-bond donors (Lipinski definition) is 1. The highest BCUT2D eigenvalue weighted by molar-refractivity contribution is 5.93. The summed E-state index contributed by atoms with van der Waals surface area (Å²) in [6.07, 6.45) is 1.16. The number of morpholine rings is 1. The Kier molecular flexibility index (Phi) is 6.12. The average Bonchev–Trinajstić information content (AvgIpc) is 2.68. The summed E-state index contributed by atoms with van der Waals surface area (Å²) in [5.74, 6) is 0.661. The predicted molar refractivity (Wildman–Crippen MR) is 104 cm³/mol. The van der Waals surface area contributed by atoms with Crippen LogP contribution < -0.4 is 15.0 Å². The Hall–Kier alpha value is -2.53. The smallest absolute Gasteiger partial charge is 0.224 e. The van der Waals surface area contributed by atoms with Crippen LogP contribution >= 0.6 is 0 Å². The number of aryl methyl sites for hydroxylation is 2. The van der Waals surface area contributed by atoms with E-state index in [9.17, 15) is 4.79 Å². The second-order valence-corrected chi connectivity index (χ2v) is 6.52. The first-order valence-electron chi connectivity index (χ1n) is 9.02. The van der Waals surface area contributed by atoms with Gasteiger partial charge in [-0.2, -0.15) is 0 Å². The molecule has 1 aliphatic rings. The van der Waals surface area contributed by atoms with Crippen LogP contribution in [-0.4, -0.2) is 39.3 Å². The van der Waals surface area contributed by atoms with Gasteiger partial charge in [0, 0.05) is 25.2 Å². The van der Waals surface area contributed by atoms with Crippen molar-refractivity contribution in [2.24, 2.45) is 0 Å². The first-order chi connectivity index (χ1) is 12.7. The number of amides is 1. The fraction of sp³-hybridized carbons (Fsp3) is 0.381. The van der Waals surface area contributed by atoms with Gasteiger partial charge in [0.15, 0.2) is 0 Å². The Bertz CT molecular complexity index is 737. The molecular weight excluding hydrogens is 328 g/mol. The molecule has 0 aliphatic carbocycles. The summed E-state index contributed by atoms with van der Waals surface area (Å²) >= 11 is 0. The predicted octanol–water partition coefficient (Wildman–Crippen LogP) is 3.41. The van der Waals surface area contributed by atoms with Crippen molar-refractivity contribution in [2.75, 3.05) is 43.6 Å². The lowest BCUT2D eigenvalue weighted by Gasteiger charge is -2.29.